The molecule has 1 amide bonds. The molecule has 1 saturated heterocycles. The third-order valence-electron chi connectivity index (χ3n) is 4.76. The van der Waals surface area contributed by atoms with E-state index in [9.17, 15) is 13.6 Å². The van der Waals surface area contributed by atoms with Crippen LogP contribution in [0.25, 0.3) is 0 Å². The number of hydrogen-bond donors (Lipinski definition) is 3. The van der Waals surface area contributed by atoms with E-state index in [-0.39, 0.29) is 23.6 Å². The Morgan fingerprint density at radius 1 is 1.22 bits per heavy atom. The molecule has 148 valence electrons. The van der Waals surface area contributed by atoms with Gasteiger partial charge in [0, 0.05) is 38.1 Å². The lowest BCUT2D eigenvalue weighted by molar-refractivity contribution is -0.122. The summed E-state index contributed by atoms with van der Waals surface area (Å²) in [5.41, 5.74) is 0.0338. The van der Waals surface area contributed by atoms with Crippen molar-refractivity contribution in [2.75, 3.05) is 37.6 Å². The summed E-state index contributed by atoms with van der Waals surface area (Å²) in [7, 11) is 0. The van der Waals surface area contributed by atoms with Gasteiger partial charge in [-0.05, 0) is 38.3 Å². The van der Waals surface area contributed by atoms with Crippen LogP contribution in [0.5, 0.6) is 0 Å². The van der Waals surface area contributed by atoms with Crippen LogP contribution in [0.4, 0.5) is 14.5 Å². The number of hydrogen-bond acceptors (Lipinski definition) is 3. The molecule has 0 radical (unpaired) electrons. The molecule has 1 saturated carbocycles. The average Bonchev–Trinajstić information content (AvgIpc) is 3.39. The van der Waals surface area contributed by atoms with Crippen LogP contribution in [-0.4, -0.2) is 50.6 Å². The standard InChI is InChI=1S/C19H27F2N5O/c1-2-22-19(24-10-9-23-18(27)13-6-7-13)25-14-8-11-26(12-14)17-15(20)4-3-5-16(17)21/h3-5,13-14H,2,6-12H2,1H3,(H,23,27)(H2,22,24,25). The smallest absolute Gasteiger partial charge is 0.223 e. The molecule has 1 unspecified atom stereocenters. The van der Waals surface area contributed by atoms with Gasteiger partial charge in [-0.2, -0.15) is 0 Å². The molecule has 1 heterocycles. The van der Waals surface area contributed by atoms with Crippen LogP contribution in [0, 0.1) is 17.6 Å². The van der Waals surface area contributed by atoms with Gasteiger partial charge < -0.3 is 20.9 Å². The summed E-state index contributed by atoms with van der Waals surface area (Å²) >= 11 is 0. The summed E-state index contributed by atoms with van der Waals surface area (Å²) in [6, 6.07) is 3.97. The molecule has 1 atom stereocenters. The Morgan fingerprint density at radius 3 is 2.63 bits per heavy atom. The van der Waals surface area contributed by atoms with Crippen LogP contribution in [0.3, 0.4) is 0 Å². The summed E-state index contributed by atoms with van der Waals surface area (Å²) in [6.07, 6.45) is 2.73. The summed E-state index contributed by atoms with van der Waals surface area (Å²) in [5.74, 6) is -0.116. The third kappa shape index (κ3) is 5.30. The predicted octanol–water partition coefficient (Wildman–Crippen LogP) is 1.62. The summed E-state index contributed by atoms with van der Waals surface area (Å²) in [5, 5.41) is 9.37. The number of nitrogens with one attached hydrogen (secondary N) is 3. The van der Waals surface area contributed by atoms with Gasteiger partial charge in [0.15, 0.2) is 5.96 Å². The molecule has 3 rings (SSSR count). The number of nitrogens with zero attached hydrogens (tertiary/aromatic N) is 2. The van der Waals surface area contributed by atoms with E-state index in [0.29, 0.717) is 38.7 Å². The first-order valence-corrected chi connectivity index (χ1v) is 9.60. The minimum atomic E-state index is -0.539. The Balaban J connectivity index is 1.50. The lowest BCUT2D eigenvalue weighted by atomic mass is 10.2. The second-order valence-electron chi connectivity index (χ2n) is 6.97. The maximum absolute atomic E-state index is 14.0. The van der Waals surface area contributed by atoms with Gasteiger partial charge in [-0.15, -0.1) is 0 Å². The predicted molar refractivity (Wildman–Crippen MR) is 102 cm³/mol. The molecule has 1 aliphatic heterocycles. The van der Waals surface area contributed by atoms with E-state index in [0.717, 1.165) is 19.3 Å². The molecule has 8 heteroatoms. The van der Waals surface area contributed by atoms with Crippen molar-refractivity contribution in [3.05, 3.63) is 29.8 Å². The molecule has 6 nitrogen and oxygen atoms in total. The van der Waals surface area contributed by atoms with Crippen molar-refractivity contribution >= 4 is 17.6 Å². The van der Waals surface area contributed by atoms with Crippen molar-refractivity contribution in [1.82, 2.24) is 16.0 Å². The highest BCUT2D eigenvalue weighted by Crippen LogP contribution is 2.28. The Bertz CT molecular complexity index is 672. The lowest BCUT2D eigenvalue weighted by Crippen LogP contribution is -2.45. The normalized spacial score (nSPS) is 19.9. The highest BCUT2D eigenvalue weighted by atomic mass is 19.1. The van der Waals surface area contributed by atoms with Crippen LogP contribution in [0.1, 0.15) is 26.2 Å². The number of carbonyl (C=O) groups is 1. The zero-order valence-corrected chi connectivity index (χ0v) is 15.6. The van der Waals surface area contributed by atoms with E-state index >= 15 is 0 Å². The van der Waals surface area contributed by atoms with E-state index in [1.54, 1.807) is 4.90 Å². The zero-order chi connectivity index (χ0) is 19.2. The second kappa shape index (κ2) is 9.01. The number of carbonyl (C=O) groups excluding carboxylic acids is 1. The number of benzene rings is 1. The van der Waals surface area contributed by atoms with E-state index in [4.69, 9.17) is 0 Å². The maximum Gasteiger partial charge on any atom is 0.223 e. The molecule has 2 aliphatic rings. The molecule has 1 aliphatic carbocycles. The van der Waals surface area contributed by atoms with Crippen molar-refractivity contribution in [1.29, 1.82) is 0 Å². The van der Waals surface area contributed by atoms with E-state index in [1.165, 1.54) is 18.2 Å². The topological polar surface area (TPSA) is 68.8 Å². The van der Waals surface area contributed by atoms with Gasteiger partial charge in [-0.3, -0.25) is 9.79 Å². The van der Waals surface area contributed by atoms with Gasteiger partial charge in [0.2, 0.25) is 5.91 Å². The fraction of sp³-hybridized carbons (Fsp3) is 0.579. The molecule has 2 fully saturated rings. The molecule has 1 aromatic carbocycles. The van der Waals surface area contributed by atoms with Crippen LogP contribution >= 0.6 is 0 Å². The summed E-state index contributed by atoms with van der Waals surface area (Å²) < 4.78 is 27.9. The van der Waals surface area contributed by atoms with Crippen molar-refractivity contribution in [3.63, 3.8) is 0 Å². The first-order chi connectivity index (χ1) is 13.1. The molecule has 0 spiro atoms. The number of aliphatic imine (C=N–C) groups is 1. The number of halogens is 2. The molecule has 1 aromatic rings. The van der Waals surface area contributed by atoms with Gasteiger partial charge >= 0.3 is 0 Å². The van der Waals surface area contributed by atoms with Crippen molar-refractivity contribution in [3.8, 4) is 0 Å². The minimum Gasteiger partial charge on any atom is -0.365 e. The molecule has 27 heavy (non-hydrogen) atoms. The number of rotatable bonds is 7. The Labute approximate surface area is 158 Å². The van der Waals surface area contributed by atoms with E-state index in [1.807, 2.05) is 6.92 Å². The third-order valence-corrected chi connectivity index (χ3v) is 4.76. The Kier molecular flexibility index (Phi) is 6.47. The summed E-state index contributed by atoms with van der Waals surface area (Å²) in [6.45, 7) is 4.74. The van der Waals surface area contributed by atoms with E-state index < -0.39 is 11.6 Å². The zero-order valence-electron chi connectivity index (χ0n) is 15.6. The van der Waals surface area contributed by atoms with Gasteiger partial charge in [-0.1, -0.05) is 6.07 Å². The fourth-order valence-electron chi connectivity index (χ4n) is 3.22. The van der Waals surface area contributed by atoms with Gasteiger partial charge in [0.25, 0.3) is 0 Å². The minimum absolute atomic E-state index is 0.0338. The van der Waals surface area contributed by atoms with Crippen molar-refractivity contribution in [2.45, 2.75) is 32.2 Å². The maximum atomic E-state index is 14.0. The number of guanidine groups is 1. The molecular formula is C19H27F2N5O. The van der Waals surface area contributed by atoms with Crippen molar-refractivity contribution in [2.24, 2.45) is 10.9 Å². The molecular weight excluding hydrogens is 352 g/mol. The van der Waals surface area contributed by atoms with Crippen LogP contribution < -0.4 is 20.9 Å². The fourth-order valence-corrected chi connectivity index (χ4v) is 3.22. The SMILES string of the molecule is CCNC(=NCCNC(=O)C1CC1)NC1CCN(c2c(F)cccc2F)C1. The number of amides is 1. The van der Waals surface area contributed by atoms with Crippen LogP contribution in [0.2, 0.25) is 0 Å². The summed E-state index contributed by atoms with van der Waals surface area (Å²) in [4.78, 5) is 17.8. The van der Waals surface area contributed by atoms with Crippen LogP contribution in [-0.2, 0) is 4.79 Å². The number of para-hydroxylation sites is 1. The molecule has 0 bridgehead atoms. The Morgan fingerprint density at radius 2 is 1.96 bits per heavy atom. The van der Waals surface area contributed by atoms with E-state index in [2.05, 4.69) is 20.9 Å². The average molecular weight is 379 g/mol. The van der Waals surface area contributed by atoms with Crippen LogP contribution in [0.15, 0.2) is 23.2 Å². The van der Waals surface area contributed by atoms with Gasteiger partial charge in [0.05, 0.1) is 6.54 Å². The largest absolute Gasteiger partial charge is 0.365 e. The lowest BCUT2D eigenvalue weighted by Gasteiger charge is -2.21. The first-order valence-electron chi connectivity index (χ1n) is 9.60. The Hall–Kier alpha value is -2.38. The molecule has 3 N–H and O–H groups in total. The van der Waals surface area contributed by atoms with Gasteiger partial charge in [0.1, 0.15) is 17.3 Å². The van der Waals surface area contributed by atoms with Crippen molar-refractivity contribution < 1.29 is 13.6 Å². The quantitative estimate of drug-likeness (QED) is 0.383. The molecule has 0 aromatic heterocycles. The first kappa shape index (κ1) is 19.4. The highest BCUT2D eigenvalue weighted by molar-refractivity contribution is 5.81. The second-order valence-corrected chi connectivity index (χ2v) is 6.97. The van der Waals surface area contributed by atoms with Gasteiger partial charge in [-0.25, -0.2) is 8.78 Å². The highest BCUT2D eigenvalue weighted by Gasteiger charge is 2.29. The number of anilines is 1. The monoisotopic (exact) mass is 379 g/mol.